The molecule has 3 aromatic rings. The van der Waals surface area contributed by atoms with Gasteiger partial charge in [-0.25, -0.2) is 4.98 Å². The number of fused-ring (bicyclic) bond motifs is 1. The highest BCUT2D eigenvalue weighted by atomic mass is 16.1. The molecule has 2 N–H and O–H groups in total. The summed E-state index contributed by atoms with van der Waals surface area (Å²) in [6.07, 6.45) is 4.24. The largest absolute Gasteiger partial charge is 0.378 e. The molecular formula is C26H34N6O. The second-order valence-electron chi connectivity index (χ2n) is 9.30. The molecule has 1 fully saturated rings. The fraction of sp³-hybridized carbons (Fsp3) is 0.423. The molecule has 0 saturated heterocycles. The normalized spacial score (nSPS) is 18.1. The monoisotopic (exact) mass is 446 g/mol. The number of para-hydroxylation sites is 1. The third kappa shape index (κ3) is 5.53. The Bertz CT molecular complexity index is 1090. The zero-order valence-corrected chi connectivity index (χ0v) is 20.0. The summed E-state index contributed by atoms with van der Waals surface area (Å²) in [7, 11) is 8.00. The smallest absolute Gasteiger partial charge is 0.251 e. The number of carbonyl (C=O) groups excluding carboxylic acids is 1. The first-order valence-electron chi connectivity index (χ1n) is 11.7. The van der Waals surface area contributed by atoms with Gasteiger partial charge in [-0.3, -0.25) is 4.79 Å². The third-order valence-electron chi connectivity index (χ3n) is 6.38. The van der Waals surface area contributed by atoms with Gasteiger partial charge in [-0.1, -0.05) is 12.1 Å². The molecule has 0 bridgehead atoms. The Balaban J connectivity index is 1.29. The van der Waals surface area contributed by atoms with Gasteiger partial charge in [-0.15, -0.1) is 0 Å². The summed E-state index contributed by atoms with van der Waals surface area (Å²) in [6.45, 7) is 0.720. The van der Waals surface area contributed by atoms with Crippen molar-refractivity contribution in [2.45, 2.75) is 31.7 Å². The van der Waals surface area contributed by atoms with E-state index in [9.17, 15) is 4.79 Å². The second-order valence-corrected chi connectivity index (χ2v) is 9.30. The number of aromatic nitrogens is 2. The van der Waals surface area contributed by atoms with Crippen LogP contribution in [0.1, 0.15) is 36.0 Å². The van der Waals surface area contributed by atoms with E-state index in [0.29, 0.717) is 23.5 Å². The summed E-state index contributed by atoms with van der Waals surface area (Å²) in [6, 6.07) is 16.2. The maximum absolute atomic E-state index is 12.5. The van der Waals surface area contributed by atoms with Crippen molar-refractivity contribution in [1.29, 1.82) is 0 Å². The van der Waals surface area contributed by atoms with E-state index in [1.165, 1.54) is 0 Å². The molecule has 0 aliphatic heterocycles. The second kappa shape index (κ2) is 10.1. The molecule has 0 atom stereocenters. The molecular weight excluding hydrogens is 412 g/mol. The first-order valence-corrected chi connectivity index (χ1v) is 11.7. The summed E-state index contributed by atoms with van der Waals surface area (Å²) in [5.74, 6) is 2.12. The minimum Gasteiger partial charge on any atom is -0.378 e. The first-order chi connectivity index (χ1) is 15.9. The molecule has 7 heteroatoms. The van der Waals surface area contributed by atoms with Gasteiger partial charge in [-0.05, 0) is 68.0 Å². The van der Waals surface area contributed by atoms with Crippen LogP contribution in [0.25, 0.3) is 10.9 Å². The summed E-state index contributed by atoms with van der Waals surface area (Å²) < 4.78 is 0. The van der Waals surface area contributed by atoms with Crippen LogP contribution < -0.4 is 20.4 Å². The van der Waals surface area contributed by atoms with Crippen LogP contribution >= 0.6 is 0 Å². The molecule has 2 aromatic carbocycles. The Labute approximate surface area is 196 Å². The number of benzene rings is 2. The number of hydrogen-bond acceptors (Lipinski definition) is 6. The topological polar surface area (TPSA) is 73.4 Å². The lowest BCUT2D eigenvalue weighted by Crippen LogP contribution is -2.34. The first kappa shape index (κ1) is 22.8. The summed E-state index contributed by atoms with van der Waals surface area (Å²) in [4.78, 5) is 26.1. The predicted octanol–water partition coefficient (Wildman–Crippen LogP) is 4.16. The zero-order valence-electron chi connectivity index (χ0n) is 20.0. The van der Waals surface area contributed by atoms with Gasteiger partial charge in [0.05, 0.1) is 5.52 Å². The molecule has 0 radical (unpaired) electrons. The number of nitrogens with zero attached hydrogens (tertiary/aromatic N) is 4. The van der Waals surface area contributed by atoms with E-state index < -0.39 is 0 Å². The molecule has 1 saturated carbocycles. The van der Waals surface area contributed by atoms with Gasteiger partial charge in [0.1, 0.15) is 5.82 Å². The van der Waals surface area contributed by atoms with Gasteiger partial charge in [0, 0.05) is 57.4 Å². The maximum atomic E-state index is 12.5. The number of amides is 1. The highest BCUT2D eigenvalue weighted by Crippen LogP contribution is 2.28. The molecule has 0 unspecified atom stereocenters. The van der Waals surface area contributed by atoms with Crippen LogP contribution in [0.5, 0.6) is 0 Å². The van der Waals surface area contributed by atoms with Crippen LogP contribution in [0, 0.1) is 5.92 Å². The number of rotatable bonds is 7. The Kier molecular flexibility index (Phi) is 6.96. The van der Waals surface area contributed by atoms with Gasteiger partial charge in [0.2, 0.25) is 5.95 Å². The van der Waals surface area contributed by atoms with Crippen LogP contribution in [0.3, 0.4) is 0 Å². The van der Waals surface area contributed by atoms with E-state index in [1.807, 2.05) is 80.5 Å². The zero-order chi connectivity index (χ0) is 23.4. The molecule has 1 aliphatic carbocycles. The van der Waals surface area contributed by atoms with Crippen molar-refractivity contribution < 1.29 is 4.79 Å². The predicted molar refractivity (Wildman–Crippen MR) is 136 cm³/mol. The van der Waals surface area contributed by atoms with Crippen molar-refractivity contribution in [3.8, 4) is 0 Å². The molecule has 1 aromatic heterocycles. The van der Waals surface area contributed by atoms with Crippen molar-refractivity contribution in [2.24, 2.45) is 5.92 Å². The van der Waals surface area contributed by atoms with E-state index in [0.717, 1.165) is 54.6 Å². The van der Waals surface area contributed by atoms with E-state index in [1.54, 1.807) is 0 Å². The molecule has 1 aliphatic rings. The standard InChI is InChI=1S/C26H34N6O/c1-31(2)21-15-11-19(12-16-21)25(33)27-17-18-9-13-20(14-10-18)28-26-29-23-8-6-5-7-22(23)24(30-26)32(3)4/h5-8,11-12,15-16,18,20H,9-10,13-14,17H2,1-4H3,(H,27,33)(H,28,29,30)/t18-,20+. The Morgan fingerprint density at radius 3 is 2.27 bits per heavy atom. The molecule has 1 amide bonds. The van der Waals surface area contributed by atoms with E-state index in [2.05, 4.69) is 16.7 Å². The van der Waals surface area contributed by atoms with Gasteiger partial charge < -0.3 is 20.4 Å². The number of carbonyl (C=O) groups is 1. The summed E-state index contributed by atoms with van der Waals surface area (Å²) in [5, 5.41) is 7.73. The van der Waals surface area contributed by atoms with E-state index in [4.69, 9.17) is 9.97 Å². The van der Waals surface area contributed by atoms with Gasteiger partial charge in [0.15, 0.2) is 0 Å². The molecule has 4 rings (SSSR count). The fourth-order valence-electron chi connectivity index (χ4n) is 4.41. The quantitative estimate of drug-likeness (QED) is 0.568. The average molecular weight is 447 g/mol. The van der Waals surface area contributed by atoms with Crippen molar-refractivity contribution in [2.75, 3.05) is 49.9 Å². The third-order valence-corrected chi connectivity index (χ3v) is 6.38. The van der Waals surface area contributed by atoms with Gasteiger partial charge >= 0.3 is 0 Å². The van der Waals surface area contributed by atoms with E-state index in [-0.39, 0.29) is 5.91 Å². The van der Waals surface area contributed by atoms with Crippen LogP contribution in [0.4, 0.5) is 17.5 Å². The number of hydrogen-bond donors (Lipinski definition) is 2. The Hall–Kier alpha value is -3.35. The molecule has 1 heterocycles. The van der Waals surface area contributed by atoms with Crippen molar-refractivity contribution in [3.63, 3.8) is 0 Å². The Morgan fingerprint density at radius 2 is 1.61 bits per heavy atom. The van der Waals surface area contributed by atoms with Crippen LogP contribution in [-0.4, -0.2) is 56.7 Å². The van der Waals surface area contributed by atoms with Crippen LogP contribution in [-0.2, 0) is 0 Å². The molecule has 33 heavy (non-hydrogen) atoms. The summed E-state index contributed by atoms with van der Waals surface area (Å²) in [5.41, 5.74) is 2.75. The lowest BCUT2D eigenvalue weighted by molar-refractivity contribution is 0.0943. The van der Waals surface area contributed by atoms with Gasteiger partial charge in [0.25, 0.3) is 5.91 Å². The Morgan fingerprint density at radius 1 is 0.909 bits per heavy atom. The average Bonchev–Trinajstić information content (AvgIpc) is 2.83. The van der Waals surface area contributed by atoms with Crippen molar-refractivity contribution in [3.05, 3.63) is 54.1 Å². The van der Waals surface area contributed by atoms with E-state index >= 15 is 0 Å². The number of anilines is 3. The molecule has 174 valence electrons. The lowest BCUT2D eigenvalue weighted by atomic mass is 9.86. The van der Waals surface area contributed by atoms with Crippen molar-refractivity contribution in [1.82, 2.24) is 15.3 Å². The van der Waals surface area contributed by atoms with Crippen molar-refractivity contribution >= 4 is 34.3 Å². The van der Waals surface area contributed by atoms with Crippen LogP contribution in [0.2, 0.25) is 0 Å². The number of nitrogens with one attached hydrogen (secondary N) is 2. The SMILES string of the molecule is CN(C)c1ccc(C(=O)NC[C@H]2CC[C@@H](Nc3nc(N(C)C)c4ccccc4n3)CC2)cc1. The highest BCUT2D eigenvalue weighted by molar-refractivity contribution is 5.94. The summed E-state index contributed by atoms with van der Waals surface area (Å²) >= 11 is 0. The minimum absolute atomic E-state index is 0.00123. The molecule has 0 spiro atoms. The van der Waals surface area contributed by atoms with Crippen LogP contribution in [0.15, 0.2) is 48.5 Å². The van der Waals surface area contributed by atoms with Gasteiger partial charge in [-0.2, -0.15) is 4.98 Å². The maximum Gasteiger partial charge on any atom is 0.251 e. The minimum atomic E-state index is 0.00123. The molecule has 7 nitrogen and oxygen atoms in total. The lowest BCUT2D eigenvalue weighted by Gasteiger charge is -2.29. The fourth-order valence-corrected chi connectivity index (χ4v) is 4.41. The highest BCUT2D eigenvalue weighted by Gasteiger charge is 2.23.